The van der Waals surface area contributed by atoms with Gasteiger partial charge in [0.05, 0.1) is 4.90 Å². The van der Waals surface area contributed by atoms with Crippen LogP contribution in [-0.2, 0) is 21.2 Å². The van der Waals surface area contributed by atoms with Crippen LogP contribution in [0.25, 0.3) is 0 Å². The molecule has 1 atom stereocenters. The number of nitrogens with two attached hydrogens (primary N) is 1. The second-order valence-corrected chi connectivity index (χ2v) is 7.35. The molecule has 0 aromatic heterocycles. The van der Waals surface area contributed by atoms with Crippen molar-refractivity contribution in [3.8, 4) is 0 Å². The predicted molar refractivity (Wildman–Crippen MR) is 87.6 cm³/mol. The molecule has 1 unspecified atom stereocenters. The van der Waals surface area contributed by atoms with Crippen molar-refractivity contribution in [2.24, 2.45) is 5.73 Å². The van der Waals surface area contributed by atoms with Crippen LogP contribution in [0.4, 0.5) is 0 Å². The summed E-state index contributed by atoms with van der Waals surface area (Å²) in [6, 6.07) is 14.2. The largest absolute Gasteiger partial charge is 0.368 e. The summed E-state index contributed by atoms with van der Waals surface area (Å²) >= 11 is 3.24. The Hall–Kier alpha value is -1.70. The van der Waals surface area contributed by atoms with Gasteiger partial charge in [0, 0.05) is 4.47 Å². The molecule has 116 valence electrons. The molecule has 3 N–H and O–H groups in total. The second-order valence-electron chi connectivity index (χ2n) is 4.72. The highest BCUT2D eigenvalue weighted by Crippen LogP contribution is 2.15. The van der Waals surface area contributed by atoms with E-state index in [0.29, 0.717) is 0 Å². The number of benzene rings is 2. The lowest BCUT2D eigenvalue weighted by molar-refractivity contribution is -0.119. The van der Waals surface area contributed by atoms with Crippen molar-refractivity contribution >= 4 is 31.9 Å². The fourth-order valence-electron chi connectivity index (χ4n) is 1.92. The van der Waals surface area contributed by atoms with E-state index in [0.717, 1.165) is 10.0 Å². The first-order chi connectivity index (χ1) is 10.4. The van der Waals surface area contributed by atoms with Crippen LogP contribution in [0, 0.1) is 0 Å². The van der Waals surface area contributed by atoms with Crippen LogP contribution in [0.15, 0.2) is 64.0 Å². The number of hydrogen-bond donors (Lipinski definition) is 2. The van der Waals surface area contributed by atoms with Gasteiger partial charge >= 0.3 is 0 Å². The van der Waals surface area contributed by atoms with E-state index in [1.54, 1.807) is 12.1 Å². The van der Waals surface area contributed by atoms with Crippen LogP contribution in [-0.4, -0.2) is 20.4 Å². The number of sulfonamides is 1. The molecule has 7 heteroatoms. The molecule has 2 rings (SSSR count). The number of halogens is 1. The molecular formula is C15H15BrN2O3S. The van der Waals surface area contributed by atoms with Crippen molar-refractivity contribution < 1.29 is 13.2 Å². The third-order valence-corrected chi connectivity index (χ3v) is 5.06. The average molecular weight is 383 g/mol. The van der Waals surface area contributed by atoms with Crippen molar-refractivity contribution in [1.29, 1.82) is 0 Å². The van der Waals surface area contributed by atoms with Gasteiger partial charge in [-0.2, -0.15) is 4.72 Å². The fourth-order valence-corrected chi connectivity index (χ4v) is 3.39. The SMILES string of the molecule is NC(=O)C(Cc1ccccc1)NS(=O)(=O)c1ccc(Br)cc1. The highest BCUT2D eigenvalue weighted by Gasteiger charge is 2.24. The van der Waals surface area contributed by atoms with Gasteiger partial charge in [0.2, 0.25) is 15.9 Å². The number of rotatable bonds is 6. The molecule has 2 aromatic carbocycles. The first-order valence-electron chi connectivity index (χ1n) is 6.49. The Morgan fingerprint density at radius 2 is 1.68 bits per heavy atom. The maximum atomic E-state index is 12.3. The van der Waals surface area contributed by atoms with Gasteiger partial charge in [-0.15, -0.1) is 0 Å². The second kappa shape index (κ2) is 7.04. The Kier molecular flexibility index (Phi) is 5.33. The quantitative estimate of drug-likeness (QED) is 0.798. The van der Waals surface area contributed by atoms with E-state index in [2.05, 4.69) is 20.7 Å². The van der Waals surface area contributed by atoms with Crippen LogP contribution < -0.4 is 10.5 Å². The van der Waals surface area contributed by atoms with Gasteiger partial charge < -0.3 is 5.73 Å². The zero-order chi connectivity index (χ0) is 16.2. The molecule has 0 spiro atoms. The summed E-state index contributed by atoms with van der Waals surface area (Å²) in [5.41, 5.74) is 6.14. The molecule has 0 fully saturated rings. The summed E-state index contributed by atoms with van der Waals surface area (Å²) in [6.45, 7) is 0. The number of amides is 1. The van der Waals surface area contributed by atoms with E-state index in [9.17, 15) is 13.2 Å². The van der Waals surface area contributed by atoms with Crippen molar-refractivity contribution in [3.05, 3.63) is 64.6 Å². The summed E-state index contributed by atoms with van der Waals surface area (Å²) in [7, 11) is -3.81. The molecule has 22 heavy (non-hydrogen) atoms. The van der Waals surface area contributed by atoms with E-state index in [4.69, 9.17) is 5.73 Å². The number of carbonyl (C=O) groups excluding carboxylic acids is 1. The van der Waals surface area contributed by atoms with Gasteiger partial charge in [-0.25, -0.2) is 8.42 Å². The summed E-state index contributed by atoms with van der Waals surface area (Å²) in [5, 5.41) is 0. The lowest BCUT2D eigenvalue weighted by Gasteiger charge is -2.16. The molecule has 0 saturated heterocycles. The molecule has 2 aromatic rings. The average Bonchev–Trinajstić information content (AvgIpc) is 2.48. The minimum Gasteiger partial charge on any atom is -0.368 e. The molecule has 0 aliphatic heterocycles. The zero-order valence-corrected chi connectivity index (χ0v) is 14.0. The molecule has 5 nitrogen and oxygen atoms in total. The monoisotopic (exact) mass is 382 g/mol. The van der Waals surface area contributed by atoms with Crippen molar-refractivity contribution in [2.45, 2.75) is 17.4 Å². The third-order valence-electron chi connectivity index (χ3n) is 3.05. The third kappa shape index (κ3) is 4.40. The van der Waals surface area contributed by atoms with E-state index < -0.39 is 22.0 Å². The molecule has 0 aliphatic rings. The van der Waals surface area contributed by atoms with E-state index >= 15 is 0 Å². The van der Waals surface area contributed by atoms with E-state index in [-0.39, 0.29) is 11.3 Å². The van der Waals surface area contributed by atoms with Crippen molar-refractivity contribution in [2.75, 3.05) is 0 Å². The standard InChI is InChI=1S/C15H15BrN2O3S/c16-12-6-8-13(9-7-12)22(20,21)18-14(15(17)19)10-11-4-2-1-3-5-11/h1-9,14,18H,10H2,(H2,17,19). The van der Waals surface area contributed by atoms with Crippen LogP contribution in [0.3, 0.4) is 0 Å². The topological polar surface area (TPSA) is 89.3 Å². The van der Waals surface area contributed by atoms with Crippen LogP contribution >= 0.6 is 15.9 Å². The molecule has 0 heterocycles. The number of nitrogens with one attached hydrogen (secondary N) is 1. The lowest BCUT2D eigenvalue weighted by atomic mass is 10.1. The zero-order valence-electron chi connectivity index (χ0n) is 11.6. The number of primary amides is 1. The molecule has 1 amide bonds. The fraction of sp³-hybridized carbons (Fsp3) is 0.133. The Bertz CT molecular complexity index is 746. The van der Waals surface area contributed by atoms with Crippen LogP contribution in [0.5, 0.6) is 0 Å². The molecule has 0 saturated carbocycles. The predicted octanol–water partition coefficient (Wildman–Crippen LogP) is 1.82. The minimum absolute atomic E-state index is 0.0787. The van der Waals surface area contributed by atoms with Crippen LogP contribution in [0.1, 0.15) is 5.56 Å². The van der Waals surface area contributed by atoms with Crippen LogP contribution in [0.2, 0.25) is 0 Å². The molecular weight excluding hydrogens is 368 g/mol. The van der Waals surface area contributed by atoms with Gasteiger partial charge in [-0.05, 0) is 36.2 Å². The molecule has 0 radical (unpaired) electrons. The summed E-state index contributed by atoms with van der Waals surface area (Å²) < 4.78 is 27.8. The Balaban J connectivity index is 2.20. The normalized spacial score (nSPS) is 12.8. The summed E-state index contributed by atoms with van der Waals surface area (Å²) in [4.78, 5) is 11.6. The Morgan fingerprint density at radius 1 is 1.09 bits per heavy atom. The number of hydrogen-bond acceptors (Lipinski definition) is 3. The molecule has 0 bridgehead atoms. The summed E-state index contributed by atoms with van der Waals surface area (Å²) in [5.74, 6) is -0.718. The van der Waals surface area contributed by atoms with Crippen molar-refractivity contribution in [3.63, 3.8) is 0 Å². The van der Waals surface area contributed by atoms with E-state index in [1.165, 1.54) is 12.1 Å². The van der Waals surface area contributed by atoms with Gasteiger partial charge in [0.25, 0.3) is 0 Å². The minimum atomic E-state index is -3.81. The lowest BCUT2D eigenvalue weighted by Crippen LogP contribution is -2.45. The highest BCUT2D eigenvalue weighted by molar-refractivity contribution is 9.10. The van der Waals surface area contributed by atoms with Crippen molar-refractivity contribution in [1.82, 2.24) is 4.72 Å². The Labute approximate surface area is 137 Å². The van der Waals surface area contributed by atoms with E-state index in [1.807, 2.05) is 30.3 Å². The van der Waals surface area contributed by atoms with Gasteiger partial charge in [0.1, 0.15) is 6.04 Å². The van der Waals surface area contributed by atoms with Gasteiger partial charge in [0.15, 0.2) is 0 Å². The molecule has 0 aliphatic carbocycles. The maximum absolute atomic E-state index is 12.3. The Morgan fingerprint density at radius 3 is 2.23 bits per heavy atom. The maximum Gasteiger partial charge on any atom is 0.241 e. The first-order valence-corrected chi connectivity index (χ1v) is 8.77. The van der Waals surface area contributed by atoms with Gasteiger partial charge in [-0.1, -0.05) is 46.3 Å². The first kappa shape index (κ1) is 16.7. The smallest absolute Gasteiger partial charge is 0.241 e. The summed E-state index contributed by atoms with van der Waals surface area (Å²) in [6.07, 6.45) is 0.200. The number of carbonyl (C=O) groups is 1. The van der Waals surface area contributed by atoms with Gasteiger partial charge in [-0.3, -0.25) is 4.79 Å². The highest BCUT2D eigenvalue weighted by atomic mass is 79.9.